The summed E-state index contributed by atoms with van der Waals surface area (Å²) >= 11 is 3.35. The van der Waals surface area contributed by atoms with E-state index in [1.54, 1.807) is 35.0 Å². The maximum Gasteiger partial charge on any atom is 0.250 e. The Labute approximate surface area is 161 Å². The summed E-state index contributed by atoms with van der Waals surface area (Å²) in [6.07, 6.45) is 4.85. The largest absolute Gasteiger partial charge is 0.339 e. The predicted octanol–water partition coefficient (Wildman–Crippen LogP) is 2.94. The Morgan fingerprint density at radius 1 is 1.44 bits per heavy atom. The normalized spacial score (nSPS) is 16.1. The van der Waals surface area contributed by atoms with Crippen molar-refractivity contribution in [2.75, 3.05) is 20.1 Å². The number of nitrogens with zero attached hydrogens (tertiary/aromatic N) is 3. The highest BCUT2D eigenvalue weighted by Crippen LogP contribution is 2.30. The maximum atomic E-state index is 14.0. The minimum atomic E-state index is -0.702. The highest BCUT2D eigenvalue weighted by Gasteiger charge is 2.43. The number of aromatic nitrogens is 2. The summed E-state index contributed by atoms with van der Waals surface area (Å²) in [4.78, 5) is 14.8. The molecular formula is C17H21BrClFN4O. The second-order valence-electron chi connectivity index (χ2n) is 6.13. The first-order valence-corrected chi connectivity index (χ1v) is 8.72. The van der Waals surface area contributed by atoms with Gasteiger partial charge in [0.25, 0.3) is 5.91 Å². The van der Waals surface area contributed by atoms with Crippen LogP contribution in [0.1, 0.15) is 18.4 Å². The van der Waals surface area contributed by atoms with Gasteiger partial charge in [-0.3, -0.25) is 9.48 Å². The topological polar surface area (TPSA) is 50.2 Å². The lowest BCUT2D eigenvalue weighted by molar-refractivity contribution is -0.142. The van der Waals surface area contributed by atoms with E-state index >= 15 is 0 Å². The molecule has 1 N–H and O–H groups in total. The molecule has 0 bridgehead atoms. The van der Waals surface area contributed by atoms with E-state index in [-0.39, 0.29) is 30.7 Å². The number of amides is 1. The van der Waals surface area contributed by atoms with Crippen molar-refractivity contribution in [1.29, 1.82) is 0 Å². The van der Waals surface area contributed by atoms with Crippen LogP contribution >= 0.6 is 28.3 Å². The molecule has 8 heteroatoms. The van der Waals surface area contributed by atoms with Crippen molar-refractivity contribution in [3.63, 3.8) is 0 Å². The van der Waals surface area contributed by atoms with Crippen molar-refractivity contribution in [3.8, 4) is 0 Å². The van der Waals surface area contributed by atoms with Crippen LogP contribution in [-0.2, 0) is 16.9 Å². The third-order valence-electron chi connectivity index (χ3n) is 4.53. The lowest BCUT2D eigenvalue weighted by Gasteiger charge is -2.39. The van der Waals surface area contributed by atoms with Gasteiger partial charge in [-0.25, -0.2) is 4.39 Å². The van der Waals surface area contributed by atoms with Gasteiger partial charge in [0.2, 0.25) is 0 Å². The van der Waals surface area contributed by atoms with Gasteiger partial charge in [-0.05, 0) is 50.2 Å². The quantitative estimate of drug-likeness (QED) is 0.810. The molecule has 1 fully saturated rings. The van der Waals surface area contributed by atoms with Gasteiger partial charge in [0.05, 0.1) is 0 Å². The average Bonchev–Trinajstić information content (AvgIpc) is 3.13. The van der Waals surface area contributed by atoms with Crippen LogP contribution in [0.15, 0.2) is 41.1 Å². The van der Waals surface area contributed by atoms with Crippen LogP contribution in [0, 0.1) is 5.82 Å². The van der Waals surface area contributed by atoms with Crippen LogP contribution in [0.3, 0.4) is 0 Å². The summed E-state index contributed by atoms with van der Waals surface area (Å²) in [6.45, 7) is 1.73. The van der Waals surface area contributed by atoms with Crippen molar-refractivity contribution in [3.05, 3.63) is 52.5 Å². The first-order valence-electron chi connectivity index (χ1n) is 7.93. The molecule has 0 aliphatic carbocycles. The fourth-order valence-electron chi connectivity index (χ4n) is 3.25. The number of hydrogen-bond acceptors (Lipinski definition) is 3. The van der Waals surface area contributed by atoms with Gasteiger partial charge in [0.15, 0.2) is 0 Å². The molecule has 25 heavy (non-hydrogen) atoms. The van der Waals surface area contributed by atoms with Gasteiger partial charge >= 0.3 is 0 Å². The molecule has 0 radical (unpaired) electrons. The lowest BCUT2D eigenvalue weighted by atomic mass is 9.86. The molecule has 0 spiro atoms. The molecule has 136 valence electrons. The number of carbonyl (C=O) groups is 1. The average molecular weight is 432 g/mol. The number of halogens is 3. The lowest BCUT2D eigenvalue weighted by Crippen LogP contribution is -2.54. The Balaban J connectivity index is 0.00000225. The summed E-state index contributed by atoms with van der Waals surface area (Å²) in [5, 5.41) is 7.60. The van der Waals surface area contributed by atoms with E-state index in [1.165, 1.54) is 6.07 Å². The fourth-order valence-corrected chi connectivity index (χ4v) is 3.66. The SMILES string of the molecule is CN(Cc1cc(Br)ccc1F)C(=O)C1(n2cccn2)CCNCC1.Cl. The Morgan fingerprint density at radius 3 is 2.80 bits per heavy atom. The summed E-state index contributed by atoms with van der Waals surface area (Å²) < 4.78 is 16.6. The van der Waals surface area contributed by atoms with E-state index in [0.717, 1.165) is 17.6 Å². The zero-order chi connectivity index (χ0) is 17.2. The first kappa shape index (κ1) is 19.9. The highest BCUT2D eigenvalue weighted by molar-refractivity contribution is 9.10. The molecule has 0 atom stereocenters. The van der Waals surface area contributed by atoms with Crippen LogP contribution in [0.2, 0.25) is 0 Å². The number of carbonyl (C=O) groups excluding carboxylic acids is 1. The molecule has 1 amide bonds. The molecule has 0 saturated carbocycles. The van der Waals surface area contributed by atoms with E-state index in [2.05, 4.69) is 26.3 Å². The summed E-state index contributed by atoms with van der Waals surface area (Å²) in [5.74, 6) is -0.344. The Bertz CT molecular complexity index is 719. The molecule has 2 heterocycles. The van der Waals surface area contributed by atoms with E-state index in [9.17, 15) is 9.18 Å². The number of piperidine rings is 1. The van der Waals surface area contributed by atoms with Gasteiger partial charge in [0, 0.05) is 36.0 Å². The van der Waals surface area contributed by atoms with Crippen LogP contribution in [-0.4, -0.2) is 40.7 Å². The number of benzene rings is 1. The smallest absolute Gasteiger partial charge is 0.250 e. The van der Waals surface area contributed by atoms with Crippen molar-refractivity contribution >= 4 is 34.2 Å². The van der Waals surface area contributed by atoms with Crippen molar-refractivity contribution in [2.24, 2.45) is 0 Å². The maximum absolute atomic E-state index is 14.0. The number of rotatable bonds is 4. The molecule has 3 rings (SSSR count). The van der Waals surface area contributed by atoms with Crippen LogP contribution in [0.25, 0.3) is 0 Å². The molecule has 2 aromatic rings. The monoisotopic (exact) mass is 430 g/mol. The van der Waals surface area contributed by atoms with Crippen molar-refractivity contribution in [2.45, 2.75) is 24.9 Å². The summed E-state index contributed by atoms with van der Waals surface area (Å²) in [7, 11) is 1.72. The zero-order valence-electron chi connectivity index (χ0n) is 13.9. The van der Waals surface area contributed by atoms with E-state index in [1.807, 2.05) is 12.3 Å². The predicted molar refractivity (Wildman–Crippen MR) is 100 cm³/mol. The van der Waals surface area contributed by atoms with Gasteiger partial charge in [-0.15, -0.1) is 12.4 Å². The molecule has 1 aliphatic rings. The van der Waals surface area contributed by atoms with Gasteiger partial charge in [-0.2, -0.15) is 5.10 Å². The van der Waals surface area contributed by atoms with Crippen molar-refractivity contribution < 1.29 is 9.18 Å². The van der Waals surface area contributed by atoms with E-state index in [0.29, 0.717) is 18.4 Å². The number of nitrogens with one attached hydrogen (secondary N) is 1. The number of likely N-dealkylation sites (N-methyl/N-ethyl adjacent to an activating group) is 1. The molecule has 1 saturated heterocycles. The van der Waals surface area contributed by atoms with Crippen LogP contribution in [0.4, 0.5) is 4.39 Å². The number of hydrogen-bond donors (Lipinski definition) is 1. The minimum Gasteiger partial charge on any atom is -0.339 e. The molecule has 1 aromatic carbocycles. The summed E-state index contributed by atoms with van der Waals surface area (Å²) in [6, 6.07) is 6.59. The summed E-state index contributed by atoms with van der Waals surface area (Å²) in [5.41, 5.74) is -0.212. The molecule has 5 nitrogen and oxygen atoms in total. The Kier molecular flexibility index (Phi) is 6.59. The second-order valence-corrected chi connectivity index (χ2v) is 7.04. The van der Waals surface area contributed by atoms with Gasteiger partial charge in [-0.1, -0.05) is 15.9 Å². The minimum absolute atomic E-state index is 0. The fraction of sp³-hybridized carbons (Fsp3) is 0.412. The van der Waals surface area contributed by atoms with E-state index in [4.69, 9.17) is 0 Å². The highest BCUT2D eigenvalue weighted by atomic mass is 79.9. The van der Waals surface area contributed by atoms with Crippen molar-refractivity contribution in [1.82, 2.24) is 20.0 Å². The standard InChI is InChI=1S/C17H20BrFN4O.ClH/c1-22(12-13-11-14(18)3-4-15(13)19)16(24)17(5-8-20-9-6-17)23-10-2-7-21-23;/h2-4,7,10-11,20H,5-6,8-9,12H2,1H3;1H. The van der Waals surface area contributed by atoms with Gasteiger partial charge in [0.1, 0.15) is 11.4 Å². The Hall–Kier alpha value is -1.44. The Morgan fingerprint density at radius 2 is 2.16 bits per heavy atom. The first-order chi connectivity index (χ1) is 11.5. The molecule has 0 unspecified atom stereocenters. The molecular weight excluding hydrogens is 411 g/mol. The zero-order valence-corrected chi connectivity index (χ0v) is 16.3. The van der Waals surface area contributed by atoms with Crippen LogP contribution in [0.5, 0.6) is 0 Å². The third kappa shape index (κ3) is 4.04. The molecule has 1 aromatic heterocycles. The van der Waals surface area contributed by atoms with Gasteiger partial charge < -0.3 is 10.2 Å². The van der Waals surface area contributed by atoms with Crippen LogP contribution < -0.4 is 5.32 Å². The second kappa shape index (κ2) is 8.29. The van der Waals surface area contributed by atoms with E-state index < -0.39 is 5.54 Å². The molecule has 1 aliphatic heterocycles. The third-order valence-corrected chi connectivity index (χ3v) is 5.03.